The highest BCUT2D eigenvalue weighted by molar-refractivity contribution is 5.26. The lowest BCUT2D eigenvalue weighted by molar-refractivity contribution is 0.0760. The molecule has 0 saturated carbocycles. The summed E-state index contributed by atoms with van der Waals surface area (Å²) in [6, 6.07) is 10.8. The van der Waals surface area contributed by atoms with Crippen LogP contribution in [0.5, 0.6) is 0 Å². The van der Waals surface area contributed by atoms with Gasteiger partial charge in [0.15, 0.2) is 0 Å². The van der Waals surface area contributed by atoms with Crippen molar-refractivity contribution in [3.8, 4) is 0 Å². The summed E-state index contributed by atoms with van der Waals surface area (Å²) in [4.78, 5) is 2.44. The minimum absolute atomic E-state index is 0.124. The third-order valence-electron chi connectivity index (χ3n) is 6.95. The zero-order valence-corrected chi connectivity index (χ0v) is 19.0. The van der Waals surface area contributed by atoms with Crippen molar-refractivity contribution in [2.24, 2.45) is 5.73 Å². The highest BCUT2D eigenvalue weighted by Gasteiger charge is 2.35. The number of likely N-dealkylation sites (tertiary alicyclic amines) is 1. The topological polar surface area (TPSA) is 49.5 Å². The van der Waals surface area contributed by atoms with Crippen LogP contribution >= 0.6 is 0 Å². The zero-order valence-electron chi connectivity index (χ0n) is 19.0. The molecule has 3 nitrogen and oxygen atoms in total. The molecular weight excluding hydrogens is 356 g/mol. The van der Waals surface area contributed by atoms with Crippen LogP contribution in [0, 0.1) is 0 Å². The summed E-state index contributed by atoms with van der Waals surface area (Å²) in [5.41, 5.74) is 7.70. The number of unbranched alkanes of at least 4 members (excludes halogenated alkanes) is 9. The fourth-order valence-corrected chi connectivity index (χ4v) is 4.82. The van der Waals surface area contributed by atoms with E-state index in [4.69, 9.17) is 5.73 Å². The van der Waals surface area contributed by atoms with Crippen LogP contribution in [0.1, 0.15) is 96.0 Å². The number of benzene rings is 1. The van der Waals surface area contributed by atoms with Crippen LogP contribution in [0.15, 0.2) is 30.3 Å². The molecule has 29 heavy (non-hydrogen) atoms. The fourth-order valence-electron chi connectivity index (χ4n) is 4.82. The molecule has 0 bridgehead atoms. The summed E-state index contributed by atoms with van der Waals surface area (Å²) in [6.45, 7) is 5.90. The molecule has 0 unspecified atom stereocenters. The second-order valence-corrected chi connectivity index (χ2v) is 9.28. The number of β-amino-alcohol motifs (C(OH)–C–C–N with tert-alkyl or cyclic N) is 1. The van der Waals surface area contributed by atoms with Crippen LogP contribution in [-0.2, 0) is 5.41 Å². The van der Waals surface area contributed by atoms with E-state index in [0.29, 0.717) is 6.54 Å². The molecule has 3 heteroatoms. The molecule has 3 N–H and O–H groups in total. The molecule has 1 aromatic rings. The van der Waals surface area contributed by atoms with E-state index in [2.05, 4.69) is 42.2 Å². The Morgan fingerprint density at radius 1 is 0.897 bits per heavy atom. The van der Waals surface area contributed by atoms with Gasteiger partial charge in [0.2, 0.25) is 0 Å². The molecule has 166 valence electrons. The lowest BCUT2D eigenvalue weighted by Gasteiger charge is -2.42. The van der Waals surface area contributed by atoms with Crippen molar-refractivity contribution in [3.05, 3.63) is 35.9 Å². The van der Waals surface area contributed by atoms with Gasteiger partial charge < -0.3 is 15.7 Å². The van der Waals surface area contributed by atoms with E-state index in [-0.39, 0.29) is 11.5 Å². The number of rotatable bonds is 15. The largest absolute Gasteiger partial charge is 0.392 e. The van der Waals surface area contributed by atoms with Gasteiger partial charge in [0, 0.05) is 18.5 Å². The average Bonchev–Trinajstić information content (AvgIpc) is 2.76. The van der Waals surface area contributed by atoms with E-state index in [1.165, 1.54) is 69.8 Å². The Kier molecular flexibility index (Phi) is 11.9. The summed E-state index contributed by atoms with van der Waals surface area (Å²) in [5, 5.41) is 10.5. The van der Waals surface area contributed by atoms with Gasteiger partial charge in [0.25, 0.3) is 0 Å². The number of hydrogen-bond acceptors (Lipinski definition) is 3. The molecule has 0 radical (unpaired) electrons. The lowest BCUT2D eigenvalue weighted by Crippen LogP contribution is -2.48. The van der Waals surface area contributed by atoms with E-state index < -0.39 is 0 Å². The standard InChI is InChI=1S/C26H46N2O/c1-2-3-4-5-6-7-8-9-10-14-17-25(29)22-28-20-18-26(23-27,19-21-28)24-15-12-11-13-16-24/h11-13,15-16,25,29H,2-10,14,17-23,27H2,1H3/t25-/m1/s1. The molecule has 1 heterocycles. The van der Waals surface area contributed by atoms with E-state index in [1.54, 1.807) is 0 Å². The average molecular weight is 403 g/mol. The van der Waals surface area contributed by atoms with Crippen molar-refractivity contribution in [1.82, 2.24) is 4.90 Å². The van der Waals surface area contributed by atoms with E-state index in [9.17, 15) is 5.11 Å². The zero-order chi connectivity index (χ0) is 20.8. The first-order valence-corrected chi connectivity index (χ1v) is 12.4. The lowest BCUT2D eigenvalue weighted by atomic mass is 9.73. The van der Waals surface area contributed by atoms with E-state index in [0.717, 1.165) is 38.9 Å². The van der Waals surface area contributed by atoms with Crippen molar-refractivity contribution in [2.45, 2.75) is 102 Å². The quantitative estimate of drug-likeness (QED) is 0.373. The fraction of sp³-hybridized carbons (Fsp3) is 0.769. The molecule has 0 aromatic heterocycles. The molecule has 1 saturated heterocycles. The Morgan fingerprint density at radius 2 is 1.45 bits per heavy atom. The number of aliphatic hydroxyl groups is 1. The predicted octanol–water partition coefficient (Wildman–Crippen LogP) is 5.65. The molecular formula is C26H46N2O. The van der Waals surface area contributed by atoms with Crippen molar-refractivity contribution in [2.75, 3.05) is 26.2 Å². The molecule has 1 atom stereocenters. The Morgan fingerprint density at radius 3 is 2.00 bits per heavy atom. The van der Waals surface area contributed by atoms with Crippen molar-refractivity contribution in [1.29, 1.82) is 0 Å². The number of piperidine rings is 1. The van der Waals surface area contributed by atoms with Gasteiger partial charge in [-0.3, -0.25) is 0 Å². The Bertz CT molecular complexity index is 511. The van der Waals surface area contributed by atoms with Crippen molar-refractivity contribution >= 4 is 0 Å². The molecule has 0 aliphatic carbocycles. The van der Waals surface area contributed by atoms with E-state index in [1.807, 2.05) is 0 Å². The molecule has 1 aliphatic rings. The Hall–Kier alpha value is -0.900. The summed E-state index contributed by atoms with van der Waals surface area (Å²) >= 11 is 0. The third-order valence-corrected chi connectivity index (χ3v) is 6.95. The van der Waals surface area contributed by atoms with E-state index >= 15 is 0 Å². The second kappa shape index (κ2) is 14.2. The number of nitrogens with zero attached hydrogens (tertiary/aromatic N) is 1. The van der Waals surface area contributed by atoms with Gasteiger partial charge in [-0.2, -0.15) is 0 Å². The number of hydrogen-bond donors (Lipinski definition) is 2. The minimum atomic E-state index is -0.175. The Balaban J connectivity index is 1.54. The minimum Gasteiger partial charge on any atom is -0.392 e. The first kappa shape index (κ1) is 24.4. The molecule has 2 rings (SSSR count). The third kappa shape index (κ3) is 8.78. The van der Waals surface area contributed by atoms with Gasteiger partial charge in [-0.15, -0.1) is 0 Å². The van der Waals surface area contributed by atoms with Gasteiger partial charge in [-0.25, -0.2) is 0 Å². The van der Waals surface area contributed by atoms with Gasteiger partial charge in [0.05, 0.1) is 6.10 Å². The maximum Gasteiger partial charge on any atom is 0.0667 e. The van der Waals surface area contributed by atoms with Crippen molar-refractivity contribution < 1.29 is 5.11 Å². The maximum absolute atomic E-state index is 10.5. The molecule has 1 aliphatic heterocycles. The second-order valence-electron chi connectivity index (χ2n) is 9.28. The van der Waals surface area contributed by atoms with Gasteiger partial charge in [-0.1, -0.05) is 101 Å². The molecule has 1 aromatic carbocycles. The highest BCUT2D eigenvalue weighted by atomic mass is 16.3. The first-order chi connectivity index (χ1) is 14.2. The van der Waals surface area contributed by atoms with Gasteiger partial charge in [0.1, 0.15) is 0 Å². The highest BCUT2D eigenvalue weighted by Crippen LogP contribution is 2.34. The predicted molar refractivity (Wildman–Crippen MR) is 125 cm³/mol. The van der Waals surface area contributed by atoms with Crippen LogP contribution in [0.3, 0.4) is 0 Å². The smallest absolute Gasteiger partial charge is 0.0667 e. The van der Waals surface area contributed by atoms with Crippen LogP contribution in [-0.4, -0.2) is 42.3 Å². The first-order valence-electron chi connectivity index (χ1n) is 12.4. The SMILES string of the molecule is CCCCCCCCCCCC[C@@H](O)CN1CCC(CN)(c2ccccc2)CC1. The number of nitrogens with two attached hydrogens (primary N) is 1. The number of aliphatic hydroxyl groups excluding tert-OH is 1. The molecule has 1 fully saturated rings. The summed E-state index contributed by atoms with van der Waals surface area (Å²) in [7, 11) is 0. The molecule has 0 spiro atoms. The normalized spacial score (nSPS) is 18.0. The summed E-state index contributed by atoms with van der Waals surface area (Å²) < 4.78 is 0. The van der Waals surface area contributed by atoms with Crippen LogP contribution in [0.2, 0.25) is 0 Å². The Labute approximate surface area is 180 Å². The van der Waals surface area contributed by atoms with Crippen LogP contribution in [0.25, 0.3) is 0 Å². The van der Waals surface area contributed by atoms with Crippen LogP contribution < -0.4 is 5.73 Å². The van der Waals surface area contributed by atoms with Gasteiger partial charge >= 0.3 is 0 Å². The van der Waals surface area contributed by atoms with Gasteiger partial charge in [-0.05, 0) is 37.9 Å². The summed E-state index contributed by atoms with van der Waals surface area (Å²) in [6.07, 6.45) is 16.5. The summed E-state index contributed by atoms with van der Waals surface area (Å²) in [5.74, 6) is 0. The van der Waals surface area contributed by atoms with Crippen LogP contribution in [0.4, 0.5) is 0 Å². The maximum atomic E-state index is 10.5. The van der Waals surface area contributed by atoms with Crippen molar-refractivity contribution in [3.63, 3.8) is 0 Å². The monoisotopic (exact) mass is 402 g/mol. The molecule has 0 amide bonds.